The summed E-state index contributed by atoms with van der Waals surface area (Å²) >= 11 is 0. The Kier molecular flexibility index (Phi) is 3.11. The smallest absolute Gasteiger partial charge is 0.292 e. The summed E-state index contributed by atoms with van der Waals surface area (Å²) in [7, 11) is 0. The second kappa shape index (κ2) is 4.91. The van der Waals surface area contributed by atoms with Crippen LogP contribution in [0.4, 0.5) is 5.82 Å². The molecule has 0 unspecified atom stereocenters. The third kappa shape index (κ3) is 2.41. The molecule has 0 aliphatic heterocycles. The standard InChI is InChI=1S/C14H17N3O2/c1-10-9-13(15-14(18)12-7-4-8-19-12)17(16-10)11-5-2-3-6-11/h4,7-9,11H,2-3,5-6H2,1H3,(H,15,18). The van der Waals surface area contributed by atoms with Gasteiger partial charge in [0.2, 0.25) is 0 Å². The first-order valence-electron chi connectivity index (χ1n) is 6.65. The fourth-order valence-corrected chi connectivity index (χ4v) is 2.62. The quantitative estimate of drug-likeness (QED) is 0.921. The van der Waals surface area contributed by atoms with Crippen molar-refractivity contribution >= 4 is 11.7 Å². The number of amides is 1. The molecule has 1 saturated carbocycles. The third-order valence-electron chi connectivity index (χ3n) is 3.52. The van der Waals surface area contributed by atoms with E-state index in [0.717, 1.165) is 24.4 Å². The molecule has 19 heavy (non-hydrogen) atoms. The van der Waals surface area contributed by atoms with Gasteiger partial charge in [-0.3, -0.25) is 4.79 Å². The molecule has 1 N–H and O–H groups in total. The number of aromatic nitrogens is 2. The second-order valence-electron chi connectivity index (χ2n) is 4.99. The summed E-state index contributed by atoms with van der Waals surface area (Å²) in [5.41, 5.74) is 0.918. The molecule has 1 aliphatic carbocycles. The molecule has 0 bridgehead atoms. The topological polar surface area (TPSA) is 60.1 Å². The molecule has 1 aliphatic rings. The van der Waals surface area contributed by atoms with Crippen LogP contribution in [0.15, 0.2) is 28.9 Å². The number of rotatable bonds is 3. The zero-order chi connectivity index (χ0) is 13.2. The average Bonchev–Trinajstić information content (AvgIpc) is 3.09. The summed E-state index contributed by atoms with van der Waals surface area (Å²) in [6.07, 6.45) is 6.22. The Morgan fingerprint density at radius 2 is 2.26 bits per heavy atom. The molecule has 5 heteroatoms. The van der Waals surface area contributed by atoms with Crippen molar-refractivity contribution in [3.05, 3.63) is 35.9 Å². The van der Waals surface area contributed by atoms with Crippen molar-refractivity contribution in [3.63, 3.8) is 0 Å². The van der Waals surface area contributed by atoms with Crippen molar-refractivity contribution in [2.75, 3.05) is 5.32 Å². The summed E-state index contributed by atoms with van der Waals surface area (Å²) in [5, 5.41) is 7.38. The summed E-state index contributed by atoms with van der Waals surface area (Å²) in [5.74, 6) is 0.840. The van der Waals surface area contributed by atoms with Gasteiger partial charge in [0.05, 0.1) is 18.0 Å². The number of furan rings is 1. The molecule has 1 fully saturated rings. The van der Waals surface area contributed by atoms with Gasteiger partial charge in [0, 0.05) is 6.07 Å². The minimum absolute atomic E-state index is 0.232. The predicted octanol–water partition coefficient (Wildman–Crippen LogP) is 3.15. The highest BCUT2D eigenvalue weighted by atomic mass is 16.3. The Hall–Kier alpha value is -2.04. The van der Waals surface area contributed by atoms with Crippen molar-refractivity contribution in [2.45, 2.75) is 38.6 Å². The van der Waals surface area contributed by atoms with Gasteiger partial charge in [0.25, 0.3) is 5.91 Å². The van der Waals surface area contributed by atoms with Crippen molar-refractivity contribution < 1.29 is 9.21 Å². The van der Waals surface area contributed by atoms with Crippen LogP contribution in [0.25, 0.3) is 0 Å². The lowest BCUT2D eigenvalue weighted by atomic mass is 10.2. The maximum absolute atomic E-state index is 12.0. The van der Waals surface area contributed by atoms with Gasteiger partial charge in [0.1, 0.15) is 5.82 Å². The lowest BCUT2D eigenvalue weighted by Crippen LogP contribution is -2.17. The molecule has 100 valence electrons. The van der Waals surface area contributed by atoms with Crippen LogP contribution in [-0.4, -0.2) is 15.7 Å². The van der Waals surface area contributed by atoms with E-state index < -0.39 is 0 Å². The van der Waals surface area contributed by atoms with Gasteiger partial charge in [-0.05, 0) is 31.9 Å². The summed E-state index contributed by atoms with van der Waals surface area (Å²) in [4.78, 5) is 12.0. The third-order valence-corrected chi connectivity index (χ3v) is 3.52. The monoisotopic (exact) mass is 259 g/mol. The second-order valence-corrected chi connectivity index (χ2v) is 4.99. The number of nitrogens with one attached hydrogen (secondary N) is 1. The van der Waals surface area contributed by atoms with E-state index in [1.807, 2.05) is 17.7 Å². The zero-order valence-corrected chi connectivity index (χ0v) is 10.9. The van der Waals surface area contributed by atoms with Crippen molar-refractivity contribution in [3.8, 4) is 0 Å². The van der Waals surface area contributed by atoms with Crippen molar-refractivity contribution in [1.29, 1.82) is 0 Å². The Morgan fingerprint density at radius 1 is 1.47 bits per heavy atom. The molecule has 0 spiro atoms. The summed E-state index contributed by atoms with van der Waals surface area (Å²) in [6, 6.07) is 5.66. The predicted molar refractivity (Wildman–Crippen MR) is 71.1 cm³/mol. The number of carbonyl (C=O) groups is 1. The SMILES string of the molecule is Cc1cc(NC(=O)c2ccco2)n(C2CCCC2)n1. The number of nitrogens with zero attached hydrogens (tertiary/aromatic N) is 2. The normalized spacial score (nSPS) is 15.8. The van der Waals surface area contributed by atoms with E-state index in [9.17, 15) is 4.79 Å². The van der Waals surface area contributed by atoms with E-state index >= 15 is 0 Å². The van der Waals surface area contributed by atoms with Gasteiger partial charge in [-0.1, -0.05) is 12.8 Å². The van der Waals surface area contributed by atoms with Gasteiger partial charge in [-0.15, -0.1) is 0 Å². The molecular weight excluding hydrogens is 242 g/mol. The van der Waals surface area contributed by atoms with E-state index in [4.69, 9.17) is 4.42 Å². The van der Waals surface area contributed by atoms with Gasteiger partial charge < -0.3 is 9.73 Å². The van der Waals surface area contributed by atoms with Crippen molar-refractivity contribution in [1.82, 2.24) is 9.78 Å². The molecule has 5 nitrogen and oxygen atoms in total. The minimum Gasteiger partial charge on any atom is -0.459 e. The first-order valence-corrected chi connectivity index (χ1v) is 6.65. The van der Waals surface area contributed by atoms with E-state index in [0.29, 0.717) is 11.8 Å². The Morgan fingerprint density at radius 3 is 2.95 bits per heavy atom. The van der Waals surface area contributed by atoms with E-state index in [-0.39, 0.29) is 5.91 Å². The summed E-state index contributed by atoms with van der Waals surface area (Å²) in [6.45, 7) is 1.94. The van der Waals surface area contributed by atoms with Gasteiger partial charge >= 0.3 is 0 Å². The number of hydrogen-bond acceptors (Lipinski definition) is 3. The highest BCUT2D eigenvalue weighted by molar-refractivity contribution is 6.01. The largest absolute Gasteiger partial charge is 0.459 e. The van der Waals surface area contributed by atoms with Gasteiger partial charge in [-0.25, -0.2) is 4.68 Å². The lowest BCUT2D eigenvalue weighted by molar-refractivity contribution is 0.0995. The number of carbonyl (C=O) groups excluding carboxylic acids is 1. The van der Waals surface area contributed by atoms with Crippen LogP contribution in [0.2, 0.25) is 0 Å². The van der Waals surface area contributed by atoms with Crippen LogP contribution in [-0.2, 0) is 0 Å². The average molecular weight is 259 g/mol. The van der Waals surface area contributed by atoms with Crippen molar-refractivity contribution in [2.24, 2.45) is 0 Å². The molecular formula is C14H17N3O2. The van der Waals surface area contributed by atoms with Crippen LogP contribution >= 0.6 is 0 Å². The number of hydrogen-bond donors (Lipinski definition) is 1. The fraction of sp³-hybridized carbons (Fsp3) is 0.429. The molecule has 2 aromatic rings. The Labute approximate surface area is 111 Å². The Balaban J connectivity index is 1.82. The van der Waals surface area contributed by atoms with E-state index in [1.165, 1.54) is 19.1 Å². The fourth-order valence-electron chi connectivity index (χ4n) is 2.62. The van der Waals surface area contributed by atoms with Crippen LogP contribution in [0.1, 0.15) is 48.0 Å². The maximum atomic E-state index is 12.0. The Bertz CT molecular complexity index is 566. The highest BCUT2D eigenvalue weighted by Gasteiger charge is 2.22. The van der Waals surface area contributed by atoms with Crippen LogP contribution in [0.5, 0.6) is 0 Å². The van der Waals surface area contributed by atoms with Gasteiger partial charge in [0.15, 0.2) is 5.76 Å². The number of anilines is 1. The van der Waals surface area contributed by atoms with Gasteiger partial charge in [-0.2, -0.15) is 5.10 Å². The van der Waals surface area contributed by atoms with E-state index in [1.54, 1.807) is 12.1 Å². The molecule has 0 saturated heterocycles. The van der Waals surface area contributed by atoms with Crippen LogP contribution < -0.4 is 5.32 Å². The van der Waals surface area contributed by atoms with Crippen LogP contribution in [0, 0.1) is 6.92 Å². The zero-order valence-electron chi connectivity index (χ0n) is 10.9. The molecule has 2 heterocycles. The molecule has 1 amide bonds. The molecule has 0 atom stereocenters. The van der Waals surface area contributed by atoms with E-state index in [2.05, 4.69) is 10.4 Å². The summed E-state index contributed by atoms with van der Waals surface area (Å²) < 4.78 is 7.05. The number of aryl methyl sites for hydroxylation is 1. The maximum Gasteiger partial charge on any atom is 0.292 e. The molecule has 0 radical (unpaired) electrons. The molecule has 3 rings (SSSR count). The first-order chi connectivity index (χ1) is 9.24. The first kappa shape index (κ1) is 12.0. The molecule has 2 aromatic heterocycles. The highest BCUT2D eigenvalue weighted by Crippen LogP contribution is 2.31. The molecule has 0 aromatic carbocycles. The minimum atomic E-state index is -0.232. The van der Waals surface area contributed by atoms with Crippen LogP contribution in [0.3, 0.4) is 0 Å². The lowest BCUT2D eigenvalue weighted by Gasteiger charge is -2.14.